The van der Waals surface area contributed by atoms with Gasteiger partial charge in [-0.15, -0.1) is 11.3 Å². The van der Waals surface area contributed by atoms with Crippen molar-refractivity contribution in [3.8, 4) is 0 Å². The van der Waals surface area contributed by atoms with Crippen molar-refractivity contribution in [2.24, 2.45) is 0 Å². The number of aromatic nitrogens is 1. The zero-order valence-electron chi connectivity index (χ0n) is 12.4. The van der Waals surface area contributed by atoms with Gasteiger partial charge in [0.2, 0.25) is 5.91 Å². The molecule has 1 amide bonds. The molecule has 124 valence electrons. The minimum Gasteiger partial charge on any atom is -0.326 e. The molecule has 0 radical (unpaired) electrons. The average Bonchev–Trinajstić information content (AvgIpc) is 3.01. The van der Waals surface area contributed by atoms with Gasteiger partial charge >= 0.3 is 0 Å². The lowest BCUT2D eigenvalue weighted by atomic mass is 10.3. The Balaban J connectivity index is 1.63. The largest absolute Gasteiger partial charge is 0.326 e. The topological polar surface area (TPSA) is 76.1 Å². The summed E-state index contributed by atoms with van der Waals surface area (Å²) in [5, 5.41) is 3.17. The maximum atomic E-state index is 12.2. The predicted octanol–water partition coefficient (Wildman–Crippen LogP) is 3.75. The number of hydrogen-bond donors (Lipinski definition) is 1. The van der Waals surface area contributed by atoms with Gasteiger partial charge in [-0.05, 0) is 42.5 Å². The van der Waals surface area contributed by atoms with Gasteiger partial charge in [-0.25, -0.2) is 13.4 Å². The van der Waals surface area contributed by atoms with Gasteiger partial charge in [0.05, 0.1) is 26.4 Å². The van der Waals surface area contributed by atoms with E-state index in [1.807, 2.05) is 12.1 Å². The fourth-order valence-electron chi connectivity index (χ4n) is 2.14. The number of anilines is 1. The van der Waals surface area contributed by atoms with Crippen LogP contribution >= 0.6 is 22.9 Å². The summed E-state index contributed by atoms with van der Waals surface area (Å²) in [5.74, 6) is -0.611. The second-order valence-electron chi connectivity index (χ2n) is 5.11. The molecule has 0 aliphatic heterocycles. The third-order valence-electron chi connectivity index (χ3n) is 3.39. The van der Waals surface area contributed by atoms with Gasteiger partial charge in [0.1, 0.15) is 0 Å². The zero-order valence-corrected chi connectivity index (χ0v) is 14.8. The number of rotatable bonds is 5. The summed E-state index contributed by atoms with van der Waals surface area (Å²) in [6.07, 6.45) is -0.119. The molecular formula is C16H13ClN2O3S2. The smallest absolute Gasteiger partial charge is 0.225 e. The van der Waals surface area contributed by atoms with Crippen molar-refractivity contribution in [2.75, 3.05) is 11.1 Å². The summed E-state index contributed by atoms with van der Waals surface area (Å²) in [6.45, 7) is 0. The van der Waals surface area contributed by atoms with Gasteiger partial charge in [-0.3, -0.25) is 4.79 Å². The lowest BCUT2D eigenvalue weighted by molar-refractivity contribution is -0.115. The molecule has 0 saturated heterocycles. The number of amides is 1. The molecule has 5 nitrogen and oxygen atoms in total. The van der Waals surface area contributed by atoms with E-state index in [1.54, 1.807) is 11.6 Å². The number of fused-ring (bicyclic) bond motifs is 1. The third-order valence-corrected chi connectivity index (χ3v) is 6.16. The average molecular weight is 381 g/mol. The van der Waals surface area contributed by atoms with Crippen LogP contribution in [0.5, 0.6) is 0 Å². The maximum Gasteiger partial charge on any atom is 0.225 e. The van der Waals surface area contributed by atoms with Crippen molar-refractivity contribution in [3.05, 3.63) is 53.0 Å². The van der Waals surface area contributed by atoms with E-state index in [2.05, 4.69) is 10.3 Å². The molecule has 1 heterocycles. The van der Waals surface area contributed by atoms with E-state index in [0.29, 0.717) is 10.7 Å². The summed E-state index contributed by atoms with van der Waals surface area (Å²) < 4.78 is 25.4. The van der Waals surface area contributed by atoms with Crippen LogP contribution in [0.2, 0.25) is 5.02 Å². The second kappa shape index (κ2) is 6.88. The first-order valence-electron chi connectivity index (χ1n) is 7.05. The standard InChI is InChI=1S/C16H13ClN2O3S2/c17-11-1-4-13(5-2-11)24(21,22)8-7-16(20)19-12-3-6-14-15(9-12)23-10-18-14/h1-6,9-10H,7-8H2,(H,19,20). The molecule has 3 rings (SSSR count). The van der Waals surface area contributed by atoms with Crippen LogP contribution in [0.4, 0.5) is 5.69 Å². The van der Waals surface area contributed by atoms with Crippen molar-refractivity contribution < 1.29 is 13.2 Å². The number of nitrogens with zero attached hydrogens (tertiary/aromatic N) is 1. The summed E-state index contributed by atoms with van der Waals surface area (Å²) >= 11 is 7.23. The fourth-order valence-corrected chi connectivity index (χ4v) is 4.23. The summed E-state index contributed by atoms with van der Waals surface area (Å²) in [5.41, 5.74) is 3.22. The Morgan fingerprint density at radius 2 is 1.92 bits per heavy atom. The molecule has 0 unspecified atom stereocenters. The molecule has 1 aromatic heterocycles. The maximum absolute atomic E-state index is 12.2. The number of thiazole rings is 1. The van der Waals surface area contributed by atoms with Crippen molar-refractivity contribution in [1.82, 2.24) is 4.98 Å². The van der Waals surface area contributed by atoms with E-state index in [1.165, 1.54) is 35.6 Å². The van der Waals surface area contributed by atoms with E-state index in [0.717, 1.165) is 10.2 Å². The lowest BCUT2D eigenvalue weighted by Gasteiger charge is -2.06. The van der Waals surface area contributed by atoms with Gasteiger partial charge in [0.25, 0.3) is 0 Å². The molecule has 0 aliphatic rings. The number of carbonyl (C=O) groups excluding carboxylic acids is 1. The molecule has 0 aliphatic carbocycles. The highest BCUT2D eigenvalue weighted by Gasteiger charge is 2.16. The number of nitrogens with one attached hydrogen (secondary N) is 1. The van der Waals surface area contributed by atoms with E-state index >= 15 is 0 Å². The van der Waals surface area contributed by atoms with Gasteiger partial charge in [0.15, 0.2) is 9.84 Å². The summed E-state index contributed by atoms with van der Waals surface area (Å²) in [6, 6.07) is 11.3. The quantitative estimate of drug-likeness (QED) is 0.731. The zero-order chi connectivity index (χ0) is 17.2. The van der Waals surface area contributed by atoms with Gasteiger partial charge < -0.3 is 5.32 Å². The molecule has 1 N–H and O–H groups in total. The fraction of sp³-hybridized carbons (Fsp3) is 0.125. The van der Waals surface area contributed by atoms with Crippen molar-refractivity contribution >= 4 is 54.6 Å². The van der Waals surface area contributed by atoms with Crippen molar-refractivity contribution in [2.45, 2.75) is 11.3 Å². The van der Waals surface area contributed by atoms with E-state index < -0.39 is 9.84 Å². The van der Waals surface area contributed by atoms with Gasteiger partial charge in [-0.2, -0.15) is 0 Å². The number of hydrogen-bond acceptors (Lipinski definition) is 5. The Morgan fingerprint density at radius 3 is 2.67 bits per heavy atom. The Bertz CT molecular complexity index is 982. The highest BCUT2D eigenvalue weighted by molar-refractivity contribution is 7.91. The Kier molecular flexibility index (Phi) is 4.84. The highest BCUT2D eigenvalue weighted by atomic mass is 35.5. The van der Waals surface area contributed by atoms with Crippen LogP contribution in [-0.4, -0.2) is 25.1 Å². The normalized spacial score (nSPS) is 11.5. The number of halogens is 1. The second-order valence-corrected chi connectivity index (χ2v) is 8.54. The molecule has 0 fully saturated rings. The third kappa shape index (κ3) is 3.92. The molecule has 8 heteroatoms. The minimum atomic E-state index is -3.52. The SMILES string of the molecule is O=C(CCS(=O)(=O)c1ccc(Cl)cc1)Nc1ccc2ncsc2c1. The van der Waals surface area contributed by atoms with Crippen LogP contribution in [0.15, 0.2) is 52.9 Å². The molecule has 0 saturated carbocycles. The van der Waals surface area contributed by atoms with Crippen LogP contribution in [0, 0.1) is 0 Å². The molecule has 0 atom stereocenters. The Morgan fingerprint density at radius 1 is 1.17 bits per heavy atom. The molecule has 2 aromatic carbocycles. The van der Waals surface area contributed by atoms with Crippen LogP contribution in [0.3, 0.4) is 0 Å². The molecule has 24 heavy (non-hydrogen) atoms. The molecule has 3 aromatic rings. The molecule has 0 spiro atoms. The van der Waals surface area contributed by atoms with E-state index in [9.17, 15) is 13.2 Å². The summed E-state index contributed by atoms with van der Waals surface area (Å²) in [4.78, 5) is 16.3. The molecular weight excluding hydrogens is 368 g/mol. The number of carbonyl (C=O) groups is 1. The van der Waals surface area contributed by atoms with Crippen molar-refractivity contribution in [3.63, 3.8) is 0 Å². The summed E-state index contributed by atoms with van der Waals surface area (Å²) in [7, 11) is -3.52. The first kappa shape index (κ1) is 16.9. The van der Waals surface area contributed by atoms with Gasteiger partial charge in [-0.1, -0.05) is 11.6 Å². The number of sulfone groups is 1. The monoisotopic (exact) mass is 380 g/mol. The van der Waals surface area contributed by atoms with Crippen LogP contribution in [0.25, 0.3) is 10.2 Å². The van der Waals surface area contributed by atoms with Crippen molar-refractivity contribution in [1.29, 1.82) is 0 Å². The highest BCUT2D eigenvalue weighted by Crippen LogP contribution is 2.22. The van der Waals surface area contributed by atoms with Gasteiger partial charge in [0, 0.05) is 17.1 Å². The first-order chi connectivity index (χ1) is 11.4. The predicted molar refractivity (Wildman–Crippen MR) is 96.4 cm³/mol. The molecule has 0 bridgehead atoms. The van der Waals surface area contributed by atoms with E-state index in [4.69, 9.17) is 11.6 Å². The van der Waals surface area contributed by atoms with Crippen LogP contribution in [-0.2, 0) is 14.6 Å². The van der Waals surface area contributed by atoms with E-state index in [-0.39, 0.29) is 23.0 Å². The lowest BCUT2D eigenvalue weighted by Crippen LogP contribution is -2.17. The van der Waals surface area contributed by atoms with Crippen LogP contribution < -0.4 is 5.32 Å². The Hall–Kier alpha value is -1.96. The Labute approximate surface area is 148 Å². The first-order valence-corrected chi connectivity index (χ1v) is 9.96. The minimum absolute atomic E-state index is 0.119. The number of benzene rings is 2. The van der Waals surface area contributed by atoms with Crippen LogP contribution in [0.1, 0.15) is 6.42 Å².